The van der Waals surface area contributed by atoms with Gasteiger partial charge in [-0.15, -0.1) is 0 Å². The van der Waals surface area contributed by atoms with E-state index in [1.807, 2.05) is 19.1 Å². The summed E-state index contributed by atoms with van der Waals surface area (Å²) in [5.41, 5.74) is 3.22. The molecule has 1 aromatic rings. The Morgan fingerprint density at radius 1 is 1.12 bits per heavy atom. The van der Waals surface area contributed by atoms with E-state index in [9.17, 15) is 9.59 Å². The van der Waals surface area contributed by atoms with Crippen LogP contribution >= 0.6 is 0 Å². The molecule has 0 atom stereocenters. The Hall–Kier alpha value is -1.88. The molecule has 0 radical (unpaired) electrons. The number of rotatable bonds is 7. The van der Waals surface area contributed by atoms with Gasteiger partial charge in [0.15, 0.2) is 0 Å². The SMILES string of the molecule is CCc1cccc(C)c1NC(=O)C1CCC(C(=O)NCCOC)CC1. The Balaban J connectivity index is 1.86. The number of hydrogen-bond acceptors (Lipinski definition) is 3. The lowest BCUT2D eigenvalue weighted by Gasteiger charge is -2.27. The van der Waals surface area contributed by atoms with Gasteiger partial charge in [0, 0.05) is 31.2 Å². The molecule has 1 saturated carbocycles. The maximum Gasteiger partial charge on any atom is 0.227 e. The molecule has 2 amide bonds. The molecule has 0 bridgehead atoms. The van der Waals surface area contributed by atoms with Crippen molar-refractivity contribution in [2.75, 3.05) is 25.6 Å². The Bertz CT molecular complexity index is 593. The van der Waals surface area contributed by atoms with Gasteiger partial charge in [0.25, 0.3) is 0 Å². The number of amides is 2. The molecule has 2 rings (SSSR count). The fraction of sp³-hybridized carbons (Fsp3) is 0.600. The van der Waals surface area contributed by atoms with Crippen molar-refractivity contribution in [3.63, 3.8) is 0 Å². The maximum absolute atomic E-state index is 12.6. The Labute approximate surface area is 150 Å². The van der Waals surface area contributed by atoms with Crippen LogP contribution in [0.2, 0.25) is 0 Å². The molecule has 1 aliphatic carbocycles. The highest BCUT2D eigenvalue weighted by Crippen LogP contribution is 2.31. The fourth-order valence-corrected chi connectivity index (χ4v) is 3.47. The quantitative estimate of drug-likeness (QED) is 0.746. The molecule has 0 unspecified atom stereocenters. The van der Waals surface area contributed by atoms with Gasteiger partial charge in [0.05, 0.1) is 6.61 Å². The monoisotopic (exact) mass is 346 g/mol. The number of carbonyl (C=O) groups is 2. The smallest absolute Gasteiger partial charge is 0.227 e. The zero-order valence-electron chi connectivity index (χ0n) is 15.6. The molecular weight excluding hydrogens is 316 g/mol. The summed E-state index contributed by atoms with van der Waals surface area (Å²) >= 11 is 0. The molecule has 1 fully saturated rings. The third kappa shape index (κ3) is 5.30. The Morgan fingerprint density at radius 2 is 1.76 bits per heavy atom. The largest absolute Gasteiger partial charge is 0.383 e. The van der Waals surface area contributed by atoms with Gasteiger partial charge < -0.3 is 15.4 Å². The Morgan fingerprint density at radius 3 is 2.36 bits per heavy atom. The number of para-hydroxylation sites is 1. The summed E-state index contributed by atoms with van der Waals surface area (Å²) in [5.74, 6) is 0.184. The van der Waals surface area contributed by atoms with E-state index in [0.717, 1.165) is 43.4 Å². The lowest BCUT2D eigenvalue weighted by Crippen LogP contribution is -2.36. The highest BCUT2D eigenvalue weighted by atomic mass is 16.5. The molecular formula is C20H30N2O3. The molecule has 0 saturated heterocycles. The molecule has 25 heavy (non-hydrogen) atoms. The fourth-order valence-electron chi connectivity index (χ4n) is 3.47. The van der Waals surface area contributed by atoms with Crippen LogP contribution < -0.4 is 10.6 Å². The summed E-state index contributed by atoms with van der Waals surface area (Å²) in [6.07, 6.45) is 3.96. The van der Waals surface area contributed by atoms with Crippen LogP contribution in [0.1, 0.15) is 43.7 Å². The number of hydrogen-bond donors (Lipinski definition) is 2. The van der Waals surface area contributed by atoms with Gasteiger partial charge in [-0.1, -0.05) is 25.1 Å². The number of anilines is 1. The predicted octanol–water partition coefficient (Wildman–Crippen LogP) is 3.06. The topological polar surface area (TPSA) is 67.4 Å². The molecule has 138 valence electrons. The van der Waals surface area contributed by atoms with Gasteiger partial charge in [-0.05, 0) is 50.2 Å². The first-order valence-electron chi connectivity index (χ1n) is 9.22. The van der Waals surface area contributed by atoms with E-state index in [0.29, 0.717) is 13.2 Å². The summed E-state index contributed by atoms with van der Waals surface area (Å²) < 4.78 is 4.95. The average molecular weight is 346 g/mol. The minimum absolute atomic E-state index is 0.00710. The van der Waals surface area contributed by atoms with Crippen LogP contribution in [0, 0.1) is 18.8 Å². The third-order valence-electron chi connectivity index (χ3n) is 5.06. The average Bonchev–Trinajstić information content (AvgIpc) is 2.63. The van der Waals surface area contributed by atoms with E-state index in [1.54, 1.807) is 7.11 Å². The molecule has 0 spiro atoms. The van der Waals surface area contributed by atoms with Crippen LogP contribution in [0.5, 0.6) is 0 Å². The highest BCUT2D eigenvalue weighted by molar-refractivity contribution is 5.94. The first-order chi connectivity index (χ1) is 12.1. The van der Waals surface area contributed by atoms with E-state index >= 15 is 0 Å². The second-order valence-corrected chi connectivity index (χ2v) is 6.78. The summed E-state index contributed by atoms with van der Waals surface area (Å²) in [6.45, 7) is 5.19. The molecule has 5 heteroatoms. The number of methoxy groups -OCH3 is 1. The van der Waals surface area contributed by atoms with Crippen molar-refractivity contribution in [2.24, 2.45) is 11.8 Å². The van der Waals surface area contributed by atoms with E-state index in [2.05, 4.69) is 23.6 Å². The molecule has 1 aliphatic rings. The van der Waals surface area contributed by atoms with Crippen LogP contribution in [-0.2, 0) is 20.7 Å². The van der Waals surface area contributed by atoms with Crippen molar-refractivity contribution in [1.29, 1.82) is 0 Å². The van der Waals surface area contributed by atoms with E-state index in [-0.39, 0.29) is 23.7 Å². The van der Waals surface area contributed by atoms with Crippen LogP contribution in [0.25, 0.3) is 0 Å². The minimum Gasteiger partial charge on any atom is -0.383 e. The highest BCUT2D eigenvalue weighted by Gasteiger charge is 2.30. The van der Waals surface area contributed by atoms with E-state index in [4.69, 9.17) is 4.74 Å². The standard InChI is InChI=1S/C20H30N2O3/c1-4-15-7-5-6-14(2)18(15)22-20(24)17-10-8-16(9-11-17)19(23)21-12-13-25-3/h5-7,16-17H,4,8-13H2,1-3H3,(H,21,23)(H,22,24). The maximum atomic E-state index is 12.6. The van der Waals surface area contributed by atoms with Crippen molar-refractivity contribution in [3.05, 3.63) is 29.3 Å². The third-order valence-corrected chi connectivity index (χ3v) is 5.06. The zero-order chi connectivity index (χ0) is 18.2. The van der Waals surface area contributed by atoms with Crippen molar-refractivity contribution in [3.8, 4) is 0 Å². The van der Waals surface area contributed by atoms with E-state index in [1.165, 1.54) is 5.56 Å². The summed E-state index contributed by atoms with van der Waals surface area (Å²) in [7, 11) is 1.62. The van der Waals surface area contributed by atoms with Crippen molar-refractivity contribution >= 4 is 17.5 Å². The van der Waals surface area contributed by atoms with Gasteiger partial charge in [-0.25, -0.2) is 0 Å². The van der Waals surface area contributed by atoms with Crippen LogP contribution in [-0.4, -0.2) is 32.1 Å². The van der Waals surface area contributed by atoms with Gasteiger partial charge in [-0.3, -0.25) is 9.59 Å². The first-order valence-corrected chi connectivity index (χ1v) is 9.22. The summed E-state index contributed by atoms with van der Waals surface area (Å²) in [6, 6.07) is 6.11. The number of nitrogens with one attached hydrogen (secondary N) is 2. The lowest BCUT2D eigenvalue weighted by atomic mass is 9.81. The minimum atomic E-state index is -0.00710. The number of benzene rings is 1. The van der Waals surface area contributed by atoms with Gasteiger partial charge in [0.1, 0.15) is 0 Å². The van der Waals surface area contributed by atoms with E-state index < -0.39 is 0 Å². The number of ether oxygens (including phenoxy) is 1. The molecule has 0 heterocycles. The van der Waals surface area contributed by atoms with Crippen LogP contribution in [0.3, 0.4) is 0 Å². The zero-order valence-corrected chi connectivity index (χ0v) is 15.6. The second-order valence-electron chi connectivity index (χ2n) is 6.78. The molecule has 5 nitrogen and oxygen atoms in total. The Kier molecular flexibility index (Phi) is 7.44. The lowest BCUT2D eigenvalue weighted by molar-refractivity contribution is -0.128. The van der Waals surface area contributed by atoms with Gasteiger partial charge >= 0.3 is 0 Å². The second kappa shape index (κ2) is 9.56. The van der Waals surface area contributed by atoms with Gasteiger partial charge in [0.2, 0.25) is 11.8 Å². The number of aryl methyl sites for hydroxylation is 2. The first kappa shape index (κ1) is 19.4. The van der Waals surface area contributed by atoms with Crippen LogP contribution in [0.4, 0.5) is 5.69 Å². The van der Waals surface area contributed by atoms with Crippen molar-refractivity contribution in [2.45, 2.75) is 46.0 Å². The van der Waals surface area contributed by atoms with Crippen molar-refractivity contribution in [1.82, 2.24) is 5.32 Å². The summed E-state index contributed by atoms with van der Waals surface area (Å²) in [5, 5.41) is 6.02. The molecule has 1 aromatic carbocycles. The van der Waals surface area contributed by atoms with Crippen molar-refractivity contribution < 1.29 is 14.3 Å². The summed E-state index contributed by atoms with van der Waals surface area (Å²) in [4.78, 5) is 24.7. The normalized spacial score (nSPS) is 20.1. The number of carbonyl (C=O) groups excluding carboxylic acids is 2. The molecule has 0 aromatic heterocycles. The molecule has 2 N–H and O–H groups in total. The predicted molar refractivity (Wildman–Crippen MR) is 99.5 cm³/mol. The molecule has 0 aliphatic heterocycles. The van der Waals surface area contributed by atoms with Crippen LogP contribution in [0.15, 0.2) is 18.2 Å². The van der Waals surface area contributed by atoms with Gasteiger partial charge in [-0.2, -0.15) is 0 Å².